The van der Waals surface area contributed by atoms with Gasteiger partial charge in [-0.3, -0.25) is 9.69 Å². The molecule has 3 amide bonds. The molecule has 5 aromatic rings. The number of carbonyl (C=O) groups excluding carboxylic acids is 3. The highest BCUT2D eigenvalue weighted by molar-refractivity contribution is 6.05. The molecule has 3 aliphatic rings. The average molecular weight is 732 g/mol. The quantitative estimate of drug-likeness (QED) is 0.153. The third-order valence-corrected chi connectivity index (χ3v) is 11.3. The van der Waals surface area contributed by atoms with E-state index in [4.69, 9.17) is 14.5 Å². The summed E-state index contributed by atoms with van der Waals surface area (Å²) in [6, 6.07) is 18.2. The summed E-state index contributed by atoms with van der Waals surface area (Å²) in [7, 11) is 1.31. The van der Waals surface area contributed by atoms with E-state index in [0.717, 1.165) is 87.9 Å². The molecule has 1 aliphatic carbocycles. The zero-order valence-electron chi connectivity index (χ0n) is 31.8. The Hall–Kier alpha value is -5.39. The number of likely N-dealkylation sites (tertiary alicyclic amines) is 2. The molecule has 1 saturated carbocycles. The number of rotatable bonds is 7. The van der Waals surface area contributed by atoms with Crippen molar-refractivity contribution < 1.29 is 23.9 Å². The molecule has 12 nitrogen and oxygen atoms in total. The smallest absolute Gasteiger partial charge is 0.410 e. The van der Waals surface area contributed by atoms with Crippen LogP contribution in [0.3, 0.4) is 0 Å². The third kappa shape index (κ3) is 6.56. The van der Waals surface area contributed by atoms with Gasteiger partial charge in [0.15, 0.2) is 0 Å². The van der Waals surface area contributed by atoms with Crippen molar-refractivity contribution in [2.45, 2.75) is 96.5 Å². The Morgan fingerprint density at radius 1 is 0.926 bits per heavy atom. The number of amides is 3. The average Bonchev–Trinajstić information content (AvgIpc) is 4.00. The maximum atomic E-state index is 14.0. The number of ether oxygens (including phenoxy) is 2. The molecule has 2 aromatic heterocycles. The van der Waals surface area contributed by atoms with Crippen molar-refractivity contribution in [3.63, 3.8) is 0 Å². The summed E-state index contributed by atoms with van der Waals surface area (Å²) in [5, 5.41) is 4.89. The molecule has 282 valence electrons. The Kier molecular flexibility index (Phi) is 9.10. The first-order chi connectivity index (χ1) is 25.9. The lowest BCUT2D eigenvalue weighted by Crippen LogP contribution is -2.54. The summed E-state index contributed by atoms with van der Waals surface area (Å²) >= 11 is 0. The summed E-state index contributed by atoms with van der Waals surface area (Å²) in [5.74, 6) is 1.70. The monoisotopic (exact) mass is 731 g/mol. The van der Waals surface area contributed by atoms with E-state index >= 15 is 0 Å². The second-order valence-corrected chi connectivity index (χ2v) is 16.4. The van der Waals surface area contributed by atoms with Crippen LogP contribution in [0, 0.1) is 11.8 Å². The molecule has 3 fully saturated rings. The van der Waals surface area contributed by atoms with Gasteiger partial charge in [0, 0.05) is 18.0 Å². The first kappa shape index (κ1) is 35.6. The molecule has 54 heavy (non-hydrogen) atoms. The predicted octanol–water partition coefficient (Wildman–Crippen LogP) is 8.28. The van der Waals surface area contributed by atoms with E-state index in [1.807, 2.05) is 45.7 Å². The van der Waals surface area contributed by atoms with Gasteiger partial charge in [0.2, 0.25) is 5.91 Å². The summed E-state index contributed by atoms with van der Waals surface area (Å²) < 4.78 is 10.5. The molecule has 2 saturated heterocycles. The number of nitrogens with zero attached hydrogens (tertiary/aromatic N) is 4. The summed E-state index contributed by atoms with van der Waals surface area (Å²) in [5.41, 5.74) is 5.37. The van der Waals surface area contributed by atoms with Crippen LogP contribution in [0.15, 0.2) is 60.8 Å². The maximum Gasteiger partial charge on any atom is 0.410 e. The Morgan fingerprint density at radius 3 is 2.43 bits per heavy atom. The van der Waals surface area contributed by atoms with E-state index in [1.165, 1.54) is 7.11 Å². The zero-order valence-corrected chi connectivity index (χ0v) is 31.8. The fraction of sp³-hybridized carbons (Fsp3) is 0.452. The minimum Gasteiger partial charge on any atom is -0.453 e. The van der Waals surface area contributed by atoms with Gasteiger partial charge in [0.25, 0.3) is 0 Å². The van der Waals surface area contributed by atoms with Gasteiger partial charge in [-0.2, -0.15) is 0 Å². The number of alkyl carbamates (subject to hydrolysis) is 1. The van der Waals surface area contributed by atoms with Crippen LogP contribution in [-0.2, 0) is 14.3 Å². The van der Waals surface area contributed by atoms with Gasteiger partial charge in [0.05, 0.1) is 42.1 Å². The van der Waals surface area contributed by atoms with Crippen molar-refractivity contribution in [2.24, 2.45) is 11.8 Å². The lowest BCUT2D eigenvalue weighted by molar-refractivity contribution is -0.139. The molecule has 3 N–H and O–H groups in total. The van der Waals surface area contributed by atoms with Crippen LogP contribution in [-0.4, -0.2) is 79.2 Å². The Morgan fingerprint density at radius 2 is 1.69 bits per heavy atom. The fourth-order valence-electron chi connectivity index (χ4n) is 8.74. The molecule has 2 aliphatic heterocycles. The molecule has 4 heterocycles. The molecule has 0 radical (unpaired) electrons. The normalized spacial score (nSPS) is 21.7. The number of methoxy groups -OCH3 is 1. The number of carbonyl (C=O) groups is 3. The minimum absolute atomic E-state index is 0.0831. The van der Waals surface area contributed by atoms with Gasteiger partial charge in [-0.1, -0.05) is 56.3 Å². The maximum absolute atomic E-state index is 14.0. The van der Waals surface area contributed by atoms with E-state index < -0.39 is 17.7 Å². The first-order valence-corrected chi connectivity index (χ1v) is 19.1. The lowest BCUT2D eigenvalue weighted by atomic mass is 9.95. The molecule has 0 unspecified atom stereocenters. The molecule has 3 aromatic carbocycles. The Balaban J connectivity index is 1.02. The number of hydrogen-bond acceptors (Lipinski definition) is 7. The third-order valence-electron chi connectivity index (χ3n) is 11.3. The van der Waals surface area contributed by atoms with Gasteiger partial charge >= 0.3 is 12.2 Å². The summed E-state index contributed by atoms with van der Waals surface area (Å²) in [4.78, 5) is 59.7. The van der Waals surface area contributed by atoms with Crippen molar-refractivity contribution >= 4 is 39.9 Å². The lowest BCUT2D eigenvalue weighted by Gasteiger charge is -2.37. The Bertz CT molecular complexity index is 2220. The minimum atomic E-state index is -0.678. The largest absolute Gasteiger partial charge is 0.453 e. The van der Waals surface area contributed by atoms with Gasteiger partial charge in [-0.15, -0.1) is 0 Å². The van der Waals surface area contributed by atoms with Crippen LogP contribution in [0.2, 0.25) is 0 Å². The van der Waals surface area contributed by atoms with Crippen molar-refractivity contribution in [2.75, 3.05) is 13.7 Å². The van der Waals surface area contributed by atoms with Crippen molar-refractivity contribution in [1.82, 2.24) is 35.1 Å². The van der Waals surface area contributed by atoms with Crippen molar-refractivity contribution in [3.05, 3.63) is 72.4 Å². The van der Waals surface area contributed by atoms with Gasteiger partial charge in [0.1, 0.15) is 23.3 Å². The van der Waals surface area contributed by atoms with E-state index in [-0.39, 0.29) is 36.0 Å². The highest BCUT2D eigenvalue weighted by Crippen LogP contribution is 2.50. The second-order valence-electron chi connectivity index (χ2n) is 16.4. The van der Waals surface area contributed by atoms with Crippen LogP contribution in [0.5, 0.6) is 0 Å². The highest BCUT2D eigenvalue weighted by atomic mass is 16.6. The van der Waals surface area contributed by atoms with Crippen LogP contribution in [0.25, 0.3) is 44.2 Å². The number of hydrogen-bond donors (Lipinski definition) is 3. The van der Waals surface area contributed by atoms with Crippen molar-refractivity contribution in [1.29, 1.82) is 0 Å². The molecular formula is C42H49N7O5. The van der Waals surface area contributed by atoms with E-state index in [1.54, 1.807) is 4.90 Å². The highest BCUT2D eigenvalue weighted by Gasteiger charge is 2.51. The topological polar surface area (TPSA) is 146 Å². The predicted molar refractivity (Wildman–Crippen MR) is 206 cm³/mol. The Labute approximate surface area is 315 Å². The van der Waals surface area contributed by atoms with Gasteiger partial charge < -0.3 is 29.7 Å². The molecule has 5 atom stereocenters. The number of imidazole rings is 2. The van der Waals surface area contributed by atoms with Crippen LogP contribution < -0.4 is 5.32 Å². The second kappa shape index (κ2) is 13.8. The van der Waals surface area contributed by atoms with Gasteiger partial charge in [-0.05, 0) is 98.9 Å². The van der Waals surface area contributed by atoms with E-state index in [9.17, 15) is 14.4 Å². The van der Waals surface area contributed by atoms with E-state index in [0.29, 0.717) is 12.5 Å². The first-order valence-electron chi connectivity index (χ1n) is 19.1. The molecule has 2 bridgehead atoms. The summed E-state index contributed by atoms with van der Waals surface area (Å²) in [6.07, 6.45) is 5.62. The number of fused-ring (bicyclic) bond motifs is 5. The van der Waals surface area contributed by atoms with E-state index in [2.05, 4.69) is 74.9 Å². The van der Waals surface area contributed by atoms with Gasteiger partial charge in [-0.25, -0.2) is 19.6 Å². The summed E-state index contributed by atoms with van der Waals surface area (Å²) in [6.45, 7) is 10.2. The number of aromatic nitrogens is 4. The number of piperidine rings is 1. The SMILES string of the molecule is COC(=O)N[C@H](C(=O)N1[C@@H]2CC[C@@H](C2)[C@H]1c1nc2c(ccc3cc(-c4ccc(-c5cnc([C@@H]6CCCN6C(=O)OC(C)(C)C)[nH]5)cc4)ccc32)[nH]1)C(C)C. The molecule has 8 rings (SSSR count). The fourth-order valence-corrected chi connectivity index (χ4v) is 8.74. The molecule has 0 spiro atoms. The zero-order chi connectivity index (χ0) is 37.9. The van der Waals surface area contributed by atoms with Crippen LogP contribution >= 0.6 is 0 Å². The molecular weight excluding hydrogens is 683 g/mol. The standard InChI is InChI=1S/C42H49N7O5/c1-23(2)34(47-40(51)53-6)39(50)49-29-16-13-28(21-29)36(49)38-44-31-18-15-27-20-26(14-17-30(27)35(31)46-38)24-9-11-25(12-10-24)32-22-43-37(45-32)33-8-7-19-48(33)41(52)54-42(3,4)5/h9-12,14-15,17-18,20,22-23,28-29,33-34,36H,7-8,13,16,19,21H2,1-6H3,(H,43,45)(H,44,46)(H,47,51)/t28-,29+,33-,34-,36-/m0/s1. The number of nitrogens with one attached hydrogen (secondary N) is 3. The number of benzene rings is 3. The van der Waals surface area contributed by atoms with Crippen molar-refractivity contribution in [3.8, 4) is 22.4 Å². The van der Waals surface area contributed by atoms with Crippen LogP contribution in [0.1, 0.15) is 90.5 Å². The number of H-pyrrole nitrogens is 2. The molecule has 12 heteroatoms. The van der Waals surface area contributed by atoms with Crippen LogP contribution in [0.4, 0.5) is 9.59 Å². The number of aromatic amines is 2.